The second-order valence-electron chi connectivity index (χ2n) is 4.23. The maximum atomic E-state index is 5.87. The Morgan fingerprint density at radius 1 is 1.40 bits per heavy atom. The highest BCUT2D eigenvalue weighted by Crippen LogP contribution is 2.13. The van der Waals surface area contributed by atoms with E-state index in [-0.39, 0.29) is 0 Å². The van der Waals surface area contributed by atoms with Gasteiger partial charge < -0.3 is 5.73 Å². The number of benzene rings is 1. The molecule has 1 aromatic carbocycles. The van der Waals surface area contributed by atoms with Gasteiger partial charge in [0.25, 0.3) is 0 Å². The second-order valence-corrected chi connectivity index (χ2v) is 4.23. The molecule has 1 aliphatic rings. The number of nitrogens with two attached hydrogens (primary N) is 1. The van der Waals surface area contributed by atoms with Crippen LogP contribution in [0.4, 0.5) is 0 Å². The van der Waals surface area contributed by atoms with Gasteiger partial charge in [0.2, 0.25) is 0 Å². The van der Waals surface area contributed by atoms with Gasteiger partial charge >= 0.3 is 0 Å². The van der Waals surface area contributed by atoms with E-state index in [2.05, 4.69) is 35.7 Å². The lowest BCUT2D eigenvalue weighted by Gasteiger charge is -2.15. The third kappa shape index (κ3) is 2.67. The predicted molar refractivity (Wildman–Crippen MR) is 64.4 cm³/mol. The molecule has 0 aromatic heterocycles. The van der Waals surface area contributed by atoms with E-state index in [9.17, 15) is 0 Å². The molecule has 1 aliphatic heterocycles. The summed E-state index contributed by atoms with van der Waals surface area (Å²) in [5, 5.41) is 0. The molecule has 1 heterocycles. The van der Waals surface area contributed by atoms with Crippen molar-refractivity contribution in [3.63, 3.8) is 0 Å². The third-order valence-corrected chi connectivity index (χ3v) is 2.93. The van der Waals surface area contributed by atoms with Crippen molar-refractivity contribution in [2.24, 2.45) is 5.73 Å². The molecule has 0 bridgehead atoms. The summed E-state index contributed by atoms with van der Waals surface area (Å²) in [4.78, 5) is 2.41. The van der Waals surface area contributed by atoms with Crippen LogP contribution in [0, 0.1) is 0 Å². The van der Waals surface area contributed by atoms with Crippen LogP contribution in [0.25, 0.3) is 6.08 Å². The second kappa shape index (κ2) is 4.60. The minimum atomic E-state index is 0.373. The van der Waals surface area contributed by atoms with E-state index in [1.807, 2.05) is 6.08 Å². The third-order valence-electron chi connectivity index (χ3n) is 2.93. The molecular weight excluding hydrogens is 184 g/mol. The van der Waals surface area contributed by atoms with Gasteiger partial charge in [0.05, 0.1) is 0 Å². The highest BCUT2D eigenvalue weighted by atomic mass is 15.2. The fourth-order valence-electron chi connectivity index (χ4n) is 2.02. The number of likely N-dealkylation sites (tertiary alicyclic amines) is 1. The summed E-state index contributed by atoms with van der Waals surface area (Å²) in [6.07, 6.45) is 3.00. The van der Waals surface area contributed by atoms with Crippen LogP contribution in [0.2, 0.25) is 0 Å². The number of rotatable bonds is 3. The first-order valence-electron chi connectivity index (χ1n) is 5.47. The summed E-state index contributed by atoms with van der Waals surface area (Å²) >= 11 is 0. The molecule has 1 atom stereocenters. The zero-order chi connectivity index (χ0) is 10.7. The fraction of sp³-hybridized carbons (Fsp3) is 0.385. The molecule has 0 amide bonds. The average molecular weight is 202 g/mol. The Balaban J connectivity index is 1.96. The van der Waals surface area contributed by atoms with Crippen molar-refractivity contribution in [3.8, 4) is 0 Å². The molecule has 2 rings (SSSR count). The summed E-state index contributed by atoms with van der Waals surface area (Å²) in [5.74, 6) is 0. The van der Waals surface area contributed by atoms with Gasteiger partial charge in [-0.3, -0.25) is 4.90 Å². The fourth-order valence-corrected chi connectivity index (χ4v) is 2.02. The van der Waals surface area contributed by atoms with Gasteiger partial charge in [-0.1, -0.05) is 36.9 Å². The summed E-state index contributed by atoms with van der Waals surface area (Å²) in [6.45, 7) is 6.93. The van der Waals surface area contributed by atoms with Gasteiger partial charge in [-0.2, -0.15) is 0 Å². The molecule has 80 valence electrons. The zero-order valence-electron chi connectivity index (χ0n) is 9.02. The van der Waals surface area contributed by atoms with Crippen LogP contribution in [0.1, 0.15) is 17.5 Å². The van der Waals surface area contributed by atoms with Crippen LogP contribution in [0.3, 0.4) is 0 Å². The molecule has 0 spiro atoms. The molecule has 2 nitrogen and oxygen atoms in total. The smallest absolute Gasteiger partial charge is 0.0234 e. The van der Waals surface area contributed by atoms with Crippen molar-refractivity contribution < 1.29 is 0 Å². The Morgan fingerprint density at radius 2 is 2.13 bits per heavy atom. The number of hydrogen-bond donors (Lipinski definition) is 1. The maximum Gasteiger partial charge on any atom is 0.0234 e. The van der Waals surface area contributed by atoms with Crippen LogP contribution < -0.4 is 5.73 Å². The first kappa shape index (κ1) is 10.4. The Bertz CT molecular complexity index is 329. The van der Waals surface area contributed by atoms with E-state index in [1.54, 1.807) is 0 Å². The highest BCUT2D eigenvalue weighted by Gasteiger charge is 2.18. The Hall–Kier alpha value is -1.12. The average Bonchev–Trinajstić information content (AvgIpc) is 2.65. The Kier molecular flexibility index (Phi) is 3.19. The minimum absolute atomic E-state index is 0.373. The molecule has 1 unspecified atom stereocenters. The molecule has 2 heteroatoms. The molecular formula is C13H18N2. The normalized spacial score (nSPS) is 21.8. The van der Waals surface area contributed by atoms with E-state index in [0.717, 1.165) is 26.1 Å². The standard InChI is InChI=1S/C13H18N2/c1-2-11-3-5-12(6-4-11)9-15-8-7-13(14)10-15/h2-6,13H,1,7-10,14H2. The van der Waals surface area contributed by atoms with E-state index >= 15 is 0 Å². The topological polar surface area (TPSA) is 29.3 Å². The summed E-state index contributed by atoms with van der Waals surface area (Å²) in [7, 11) is 0. The Morgan fingerprint density at radius 3 is 2.67 bits per heavy atom. The van der Waals surface area contributed by atoms with E-state index < -0.39 is 0 Å². The van der Waals surface area contributed by atoms with E-state index in [4.69, 9.17) is 5.73 Å². The van der Waals surface area contributed by atoms with Crippen molar-refractivity contribution in [2.75, 3.05) is 13.1 Å². The highest BCUT2D eigenvalue weighted by molar-refractivity contribution is 5.47. The number of nitrogens with zero attached hydrogens (tertiary/aromatic N) is 1. The van der Waals surface area contributed by atoms with E-state index in [1.165, 1.54) is 11.1 Å². The van der Waals surface area contributed by atoms with Crippen LogP contribution in [0.15, 0.2) is 30.8 Å². The molecule has 1 fully saturated rings. The molecule has 0 radical (unpaired) electrons. The summed E-state index contributed by atoms with van der Waals surface area (Å²) in [6, 6.07) is 8.93. The lowest BCUT2D eigenvalue weighted by molar-refractivity contribution is 0.327. The van der Waals surface area contributed by atoms with Crippen LogP contribution in [-0.4, -0.2) is 24.0 Å². The lowest BCUT2D eigenvalue weighted by Crippen LogP contribution is -2.26. The van der Waals surface area contributed by atoms with Crippen molar-refractivity contribution in [3.05, 3.63) is 42.0 Å². The van der Waals surface area contributed by atoms with Crippen LogP contribution in [-0.2, 0) is 6.54 Å². The lowest BCUT2D eigenvalue weighted by atomic mass is 10.1. The van der Waals surface area contributed by atoms with Gasteiger partial charge in [0.15, 0.2) is 0 Å². The van der Waals surface area contributed by atoms with Gasteiger partial charge in [-0.25, -0.2) is 0 Å². The van der Waals surface area contributed by atoms with Gasteiger partial charge in [-0.05, 0) is 17.5 Å². The largest absolute Gasteiger partial charge is 0.326 e. The molecule has 0 saturated carbocycles. The first-order chi connectivity index (χ1) is 7.28. The molecule has 1 saturated heterocycles. The van der Waals surface area contributed by atoms with Crippen molar-refractivity contribution >= 4 is 6.08 Å². The van der Waals surface area contributed by atoms with Gasteiger partial charge in [0, 0.05) is 25.7 Å². The SMILES string of the molecule is C=Cc1ccc(CN2CCC(N)C2)cc1. The molecule has 1 aromatic rings. The summed E-state index contributed by atoms with van der Waals surface area (Å²) in [5.41, 5.74) is 8.40. The van der Waals surface area contributed by atoms with E-state index in [0.29, 0.717) is 6.04 Å². The molecule has 2 N–H and O–H groups in total. The number of hydrogen-bond acceptors (Lipinski definition) is 2. The Labute approximate surface area is 91.4 Å². The molecule has 0 aliphatic carbocycles. The summed E-state index contributed by atoms with van der Waals surface area (Å²) < 4.78 is 0. The maximum absolute atomic E-state index is 5.87. The quantitative estimate of drug-likeness (QED) is 0.810. The minimum Gasteiger partial charge on any atom is -0.326 e. The monoisotopic (exact) mass is 202 g/mol. The molecule has 15 heavy (non-hydrogen) atoms. The zero-order valence-corrected chi connectivity index (χ0v) is 9.02. The van der Waals surface area contributed by atoms with Crippen molar-refractivity contribution in [2.45, 2.75) is 19.0 Å². The predicted octanol–water partition coefficient (Wildman–Crippen LogP) is 1.86. The van der Waals surface area contributed by atoms with Crippen molar-refractivity contribution in [1.82, 2.24) is 4.90 Å². The first-order valence-corrected chi connectivity index (χ1v) is 5.47. The van der Waals surface area contributed by atoms with Gasteiger partial charge in [-0.15, -0.1) is 0 Å². The van der Waals surface area contributed by atoms with Crippen molar-refractivity contribution in [1.29, 1.82) is 0 Å². The van der Waals surface area contributed by atoms with Crippen LogP contribution in [0.5, 0.6) is 0 Å². The van der Waals surface area contributed by atoms with Gasteiger partial charge in [0.1, 0.15) is 0 Å². The van der Waals surface area contributed by atoms with Crippen LogP contribution >= 0.6 is 0 Å².